The average Bonchev–Trinajstić information content (AvgIpc) is 3.07. The van der Waals surface area contributed by atoms with Crippen LogP contribution in [0.2, 0.25) is 0 Å². The molecular weight excluding hydrogens is 472 g/mol. The maximum atomic E-state index is 12.6. The van der Waals surface area contributed by atoms with Gasteiger partial charge in [-0.05, 0) is 30.3 Å². The number of rotatable bonds is 6. The number of hydrogen-bond donors (Lipinski definition) is 8. The number of ether oxygens (including phenoxy) is 4. The van der Waals surface area contributed by atoms with E-state index in [9.17, 15) is 45.6 Å². The van der Waals surface area contributed by atoms with Gasteiger partial charge >= 0.3 is 5.97 Å². The maximum absolute atomic E-state index is 12.6. The van der Waals surface area contributed by atoms with Gasteiger partial charge in [-0.3, -0.25) is 0 Å². The highest BCUT2D eigenvalue weighted by Crippen LogP contribution is 2.48. The van der Waals surface area contributed by atoms with Crippen LogP contribution in [0.1, 0.15) is 10.4 Å². The van der Waals surface area contributed by atoms with Gasteiger partial charge < -0.3 is 59.8 Å². The van der Waals surface area contributed by atoms with Crippen LogP contribution in [0.4, 0.5) is 0 Å². The van der Waals surface area contributed by atoms with Crippen molar-refractivity contribution in [3.63, 3.8) is 0 Å². The topological polar surface area (TPSA) is 216 Å². The largest absolute Gasteiger partial charge is 0.508 e. The minimum Gasteiger partial charge on any atom is -0.508 e. The molecule has 1 aromatic carbocycles. The van der Waals surface area contributed by atoms with Gasteiger partial charge in [0.2, 0.25) is 6.29 Å². The summed E-state index contributed by atoms with van der Waals surface area (Å²) >= 11 is 0. The molecule has 0 aromatic heterocycles. The molecule has 2 aliphatic heterocycles. The number of fused-ring (bicyclic) bond motifs is 1. The van der Waals surface area contributed by atoms with E-state index in [2.05, 4.69) is 0 Å². The molecule has 0 spiro atoms. The lowest BCUT2D eigenvalue weighted by atomic mass is 9.83. The lowest BCUT2D eigenvalue weighted by molar-refractivity contribution is -0.348. The molecule has 1 saturated carbocycles. The Morgan fingerprint density at radius 3 is 2.31 bits per heavy atom. The van der Waals surface area contributed by atoms with E-state index in [0.717, 1.165) is 6.26 Å². The lowest BCUT2D eigenvalue weighted by Gasteiger charge is -2.43. The van der Waals surface area contributed by atoms with Gasteiger partial charge in [-0.1, -0.05) is 0 Å². The third-order valence-electron chi connectivity index (χ3n) is 6.72. The fourth-order valence-electron chi connectivity index (χ4n) is 4.73. The first-order valence-electron chi connectivity index (χ1n) is 10.9. The highest BCUT2D eigenvalue weighted by Gasteiger charge is 2.65. The van der Waals surface area contributed by atoms with Crippen LogP contribution in [-0.4, -0.2) is 115 Å². The van der Waals surface area contributed by atoms with E-state index in [0.29, 0.717) is 0 Å². The van der Waals surface area contributed by atoms with E-state index in [1.54, 1.807) is 0 Å². The quantitative estimate of drug-likeness (QED) is 0.182. The van der Waals surface area contributed by atoms with Gasteiger partial charge in [0, 0.05) is 5.92 Å². The molecule has 13 nitrogen and oxygen atoms in total. The molecule has 194 valence electrons. The fourth-order valence-corrected chi connectivity index (χ4v) is 4.73. The third-order valence-corrected chi connectivity index (χ3v) is 6.72. The molecular formula is C22H28O13. The van der Waals surface area contributed by atoms with Crippen LogP contribution in [-0.2, 0) is 18.9 Å². The smallest absolute Gasteiger partial charge is 0.338 e. The second-order valence-electron chi connectivity index (χ2n) is 8.78. The van der Waals surface area contributed by atoms with Crippen molar-refractivity contribution < 1.29 is 64.6 Å². The number of esters is 1. The highest BCUT2D eigenvalue weighted by atomic mass is 16.8. The molecule has 35 heavy (non-hydrogen) atoms. The first-order valence-corrected chi connectivity index (χ1v) is 10.9. The molecule has 8 N–H and O–H groups in total. The van der Waals surface area contributed by atoms with Crippen molar-refractivity contribution in [2.75, 3.05) is 13.2 Å². The predicted molar refractivity (Wildman–Crippen MR) is 111 cm³/mol. The Morgan fingerprint density at radius 1 is 1.00 bits per heavy atom. The molecule has 2 fully saturated rings. The standard InChI is InChI=1S/C22H28O13/c23-7-12-14(26)15(27)16(28)21(33-12)35-20-13-11(5-6-32-20)17(18(29)22(13,31)8-24)34-19(30)9-1-3-10(25)4-2-9/h1-6,11-18,20-21,23-29,31H,7-8H2/t11-,12-,13+,14+,15+,16+,17-,18+,20+,21-,22+/m0/s1. The second-order valence-corrected chi connectivity index (χ2v) is 8.78. The van der Waals surface area contributed by atoms with Gasteiger partial charge in [-0.15, -0.1) is 0 Å². The van der Waals surface area contributed by atoms with Crippen LogP contribution in [0.5, 0.6) is 5.75 Å². The zero-order valence-corrected chi connectivity index (χ0v) is 18.3. The van der Waals surface area contributed by atoms with Gasteiger partial charge in [-0.25, -0.2) is 4.79 Å². The number of carbonyl (C=O) groups excluding carboxylic acids is 1. The van der Waals surface area contributed by atoms with Crippen LogP contribution >= 0.6 is 0 Å². The Hall–Kier alpha value is -2.33. The maximum Gasteiger partial charge on any atom is 0.338 e. The SMILES string of the molecule is O=C(O[C@H]1[C@H]2C=CO[C@H](O[C@@H]3O[C@@H](CO)[C@@H](O)[C@@H](O)[C@H]3O)[C@@H]2[C@](O)(CO)[C@@H]1O)c1ccc(O)cc1. The van der Waals surface area contributed by atoms with E-state index >= 15 is 0 Å². The number of benzene rings is 1. The van der Waals surface area contributed by atoms with Gasteiger partial charge in [0.1, 0.15) is 48.0 Å². The van der Waals surface area contributed by atoms with Crippen molar-refractivity contribution in [1.29, 1.82) is 0 Å². The zero-order chi connectivity index (χ0) is 25.5. The summed E-state index contributed by atoms with van der Waals surface area (Å²) < 4.78 is 21.8. The Labute approximate surface area is 199 Å². The molecule has 1 saturated heterocycles. The summed E-state index contributed by atoms with van der Waals surface area (Å²) in [5.41, 5.74) is -2.22. The first kappa shape index (κ1) is 25.8. The Kier molecular flexibility index (Phi) is 7.33. The number of carbonyl (C=O) groups is 1. The molecule has 3 aliphatic rings. The normalized spacial score (nSPS) is 42.8. The number of aliphatic hydroxyl groups is 7. The van der Waals surface area contributed by atoms with Crippen molar-refractivity contribution in [3.8, 4) is 5.75 Å². The van der Waals surface area contributed by atoms with Crippen molar-refractivity contribution >= 4 is 5.97 Å². The highest BCUT2D eigenvalue weighted by molar-refractivity contribution is 5.89. The number of aromatic hydroxyl groups is 1. The summed E-state index contributed by atoms with van der Waals surface area (Å²) in [5.74, 6) is -3.09. The van der Waals surface area contributed by atoms with E-state index in [4.69, 9.17) is 18.9 Å². The van der Waals surface area contributed by atoms with Crippen molar-refractivity contribution in [2.45, 2.75) is 54.8 Å². The fraction of sp³-hybridized carbons (Fsp3) is 0.591. The van der Waals surface area contributed by atoms with Crippen LogP contribution < -0.4 is 0 Å². The number of aliphatic hydroxyl groups excluding tert-OH is 6. The molecule has 0 radical (unpaired) electrons. The van der Waals surface area contributed by atoms with Crippen LogP contribution in [0.3, 0.4) is 0 Å². The summed E-state index contributed by atoms with van der Waals surface area (Å²) in [6.07, 6.45) is -10.0. The lowest BCUT2D eigenvalue weighted by Crippen LogP contribution is -2.61. The Morgan fingerprint density at radius 2 is 1.69 bits per heavy atom. The Bertz CT molecular complexity index is 920. The second kappa shape index (κ2) is 9.97. The van der Waals surface area contributed by atoms with E-state index in [1.807, 2.05) is 0 Å². The van der Waals surface area contributed by atoms with E-state index in [-0.39, 0.29) is 11.3 Å². The molecule has 11 atom stereocenters. The molecule has 1 aromatic rings. The molecule has 4 rings (SSSR count). The van der Waals surface area contributed by atoms with Gasteiger partial charge in [0.05, 0.1) is 31.0 Å². The van der Waals surface area contributed by atoms with Crippen LogP contribution in [0.25, 0.3) is 0 Å². The van der Waals surface area contributed by atoms with E-state index in [1.165, 1.54) is 30.3 Å². The molecule has 0 amide bonds. The van der Waals surface area contributed by atoms with Gasteiger partial charge in [0.25, 0.3) is 0 Å². The van der Waals surface area contributed by atoms with Crippen LogP contribution in [0, 0.1) is 11.8 Å². The van der Waals surface area contributed by atoms with Crippen molar-refractivity contribution in [2.24, 2.45) is 11.8 Å². The number of phenols is 1. The molecule has 2 heterocycles. The third kappa shape index (κ3) is 4.50. The van der Waals surface area contributed by atoms with Gasteiger partial charge in [-0.2, -0.15) is 0 Å². The zero-order valence-electron chi connectivity index (χ0n) is 18.3. The number of phenolic OH excluding ortho intramolecular Hbond substituents is 1. The minimum atomic E-state index is -2.28. The van der Waals surface area contributed by atoms with Gasteiger partial charge in [0.15, 0.2) is 6.29 Å². The van der Waals surface area contributed by atoms with Crippen molar-refractivity contribution in [3.05, 3.63) is 42.2 Å². The predicted octanol–water partition coefficient (Wildman–Crippen LogP) is -3.07. The summed E-state index contributed by atoms with van der Waals surface area (Å²) in [7, 11) is 0. The van der Waals surface area contributed by atoms with Crippen molar-refractivity contribution in [1.82, 2.24) is 0 Å². The van der Waals surface area contributed by atoms with Crippen LogP contribution in [0.15, 0.2) is 36.6 Å². The summed E-state index contributed by atoms with van der Waals surface area (Å²) in [4.78, 5) is 12.6. The summed E-state index contributed by atoms with van der Waals surface area (Å²) in [5, 5.41) is 81.0. The molecule has 0 bridgehead atoms. The van der Waals surface area contributed by atoms with E-state index < -0.39 is 85.8 Å². The average molecular weight is 500 g/mol. The minimum absolute atomic E-state index is 0.0659. The molecule has 13 heteroatoms. The summed E-state index contributed by atoms with van der Waals surface area (Å²) in [6, 6.07) is 5.15. The first-order chi connectivity index (χ1) is 16.6. The Balaban J connectivity index is 1.57. The number of hydrogen-bond acceptors (Lipinski definition) is 13. The molecule has 1 aliphatic carbocycles. The summed E-state index contributed by atoms with van der Waals surface area (Å²) in [6.45, 7) is -1.68. The monoisotopic (exact) mass is 500 g/mol. The molecule has 0 unspecified atom stereocenters.